The van der Waals surface area contributed by atoms with Crippen LogP contribution in [0.2, 0.25) is 0 Å². The van der Waals surface area contributed by atoms with Gasteiger partial charge in [-0.3, -0.25) is 9.00 Å². The van der Waals surface area contributed by atoms with E-state index < -0.39 is 22.8 Å². The van der Waals surface area contributed by atoms with E-state index in [-0.39, 0.29) is 11.9 Å². The molecule has 2 N–H and O–H groups in total. The van der Waals surface area contributed by atoms with Gasteiger partial charge in [0, 0.05) is 29.4 Å². The first-order chi connectivity index (χ1) is 6.99. The van der Waals surface area contributed by atoms with Crippen LogP contribution in [0.25, 0.3) is 0 Å². The molecule has 0 heterocycles. The van der Waals surface area contributed by atoms with Gasteiger partial charge >= 0.3 is 5.97 Å². The molecule has 15 heavy (non-hydrogen) atoms. The van der Waals surface area contributed by atoms with Crippen molar-refractivity contribution >= 4 is 16.8 Å². The number of carbonyl (C=O) groups is 1. The van der Waals surface area contributed by atoms with E-state index in [9.17, 15) is 9.00 Å². The molecule has 6 heteroatoms. The van der Waals surface area contributed by atoms with Gasteiger partial charge in [0.1, 0.15) is 6.04 Å². The second kappa shape index (κ2) is 7.78. The summed E-state index contributed by atoms with van der Waals surface area (Å²) in [5.74, 6) is -0.929. The number of carboxylic acid groups (broad SMARTS) is 1. The molecule has 0 amide bonds. The molecule has 0 saturated carbocycles. The summed E-state index contributed by atoms with van der Waals surface area (Å²) in [7, 11) is 0.602. The molecule has 0 saturated heterocycles. The van der Waals surface area contributed by atoms with Gasteiger partial charge in [0.25, 0.3) is 0 Å². The van der Waals surface area contributed by atoms with Gasteiger partial charge in [-0.1, -0.05) is 6.92 Å². The van der Waals surface area contributed by atoms with E-state index >= 15 is 0 Å². The Kier molecular flexibility index (Phi) is 7.54. The van der Waals surface area contributed by atoms with Crippen LogP contribution in [0.1, 0.15) is 13.3 Å². The van der Waals surface area contributed by atoms with Crippen molar-refractivity contribution in [2.75, 3.05) is 26.5 Å². The molecule has 0 aliphatic carbocycles. The fraction of sp³-hybridized carbons (Fsp3) is 0.889. The van der Waals surface area contributed by atoms with Crippen molar-refractivity contribution in [1.29, 1.82) is 0 Å². The molecule has 0 spiro atoms. The Balaban J connectivity index is 3.80. The van der Waals surface area contributed by atoms with E-state index in [4.69, 9.17) is 9.84 Å². The maximum Gasteiger partial charge on any atom is 0.323 e. The highest BCUT2D eigenvalue weighted by Gasteiger charge is 2.16. The first-order valence-electron chi connectivity index (χ1n) is 4.76. The minimum atomic E-state index is -0.929. The van der Waals surface area contributed by atoms with Crippen molar-refractivity contribution in [2.24, 2.45) is 0 Å². The molecule has 5 nitrogen and oxygen atoms in total. The van der Waals surface area contributed by atoms with Crippen molar-refractivity contribution in [3.05, 3.63) is 0 Å². The van der Waals surface area contributed by atoms with Crippen molar-refractivity contribution in [1.82, 2.24) is 5.32 Å². The zero-order chi connectivity index (χ0) is 11.8. The summed E-state index contributed by atoms with van der Waals surface area (Å²) < 4.78 is 15.8. The van der Waals surface area contributed by atoms with E-state index in [1.165, 1.54) is 7.11 Å². The Bertz CT molecular complexity index is 222. The number of methoxy groups -OCH3 is 1. The van der Waals surface area contributed by atoms with Crippen molar-refractivity contribution in [2.45, 2.75) is 24.6 Å². The van der Waals surface area contributed by atoms with Gasteiger partial charge in [0.15, 0.2) is 0 Å². The average molecular weight is 237 g/mol. The Morgan fingerprint density at radius 3 is 2.60 bits per heavy atom. The maximum atomic E-state index is 11.0. The van der Waals surface area contributed by atoms with Gasteiger partial charge in [-0.15, -0.1) is 0 Å². The summed E-state index contributed by atoms with van der Waals surface area (Å²) in [6.07, 6.45) is 2.34. The van der Waals surface area contributed by atoms with E-state index in [0.717, 1.165) is 0 Å². The molecule has 0 bridgehead atoms. The zero-order valence-corrected chi connectivity index (χ0v) is 10.2. The van der Waals surface area contributed by atoms with Crippen LogP contribution >= 0.6 is 0 Å². The van der Waals surface area contributed by atoms with E-state index in [1.807, 2.05) is 6.92 Å². The molecule has 0 aliphatic rings. The number of ether oxygens (including phenoxy) is 1. The lowest BCUT2D eigenvalue weighted by Gasteiger charge is -2.14. The quantitative estimate of drug-likeness (QED) is 0.613. The van der Waals surface area contributed by atoms with Crippen LogP contribution in [0.5, 0.6) is 0 Å². The molecule has 0 rings (SSSR count). The minimum absolute atomic E-state index is 0.0782. The third kappa shape index (κ3) is 6.59. The summed E-state index contributed by atoms with van der Waals surface area (Å²) >= 11 is 0. The second-order valence-corrected chi connectivity index (χ2v) is 5.20. The standard InChI is InChI=1S/C9H19NO4S/c1-7(15(3)13)4-5-10-8(6-14-2)9(11)12/h7-8,10H,4-6H2,1-3H3,(H,11,12). The first kappa shape index (κ1) is 14.5. The summed E-state index contributed by atoms with van der Waals surface area (Å²) in [5.41, 5.74) is 0. The normalized spacial score (nSPS) is 17.0. The number of rotatable bonds is 8. The Morgan fingerprint density at radius 2 is 2.20 bits per heavy atom. The second-order valence-electron chi connectivity index (χ2n) is 3.40. The lowest BCUT2D eigenvalue weighted by atomic mass is 10.3. The van der Waals surface area contributed by atoms with Gasteiger partial charge in [0.05, 0.1) is 6.61 Å². The predicted molar refractivity (Wildman–Crippen MR) is 59.4 cm³/mol. The Morgan fingerprint density at radius 1 is 1.60 bits per heavy atom. The molecule has 0 aromatic carbocycles. The van der Waals surface area contributed by atoms with Gasteiger partial charge in [-0.2, -0.15) is 0 Å². The highest BCUT2D eigenvalue weighted by molar-refractivity contribution is 7.84. The number of nitrogens with one attached hydrogen (secondary N) is 1. The van der Waals surface area contributed by atoms with Crippen LogP contribution in [0.3, 0.4) is 0 Å². The maximum absolute atomic E-state index is 11.0. The zero-order valence-electron chi connectivity index (χ0n) is 9.36. The first-order valence-corrected chi connectivity index (χ1v) is 6.38. The average Bonchev–Trinajstić information content (AvgIpc) is 2.15. The summed E-state index contributed by atoms with van der Waals surface area (Å²) in [6.45, 7) is 2.55. The fourth-order valence-electron chi connectivity index (χ4n) is 1.01. The van der Waals surface area contributed by atoms with Crippen molar-refractivity contribution in [3.63, 3.8) is 0 Å². The Labute approximate surface area is 92.7 Å². The van der Waals surface area contributed by atoms with Crippen LogP contribution in [0.4, 0.5) is 0 Å². The predicted octanol–water partition coefficient (Wildman–Crippen LogP) is -0.167. The van der Waals surface area contributed by atoms with E-state index in [0.29, 0.717) is 13.0 Å². The fourth-order valence-corrected chi connectivity index (χ4v) is 1.46. The number of hydrogen-bond acceptors (Lipinski definition) is 4. The molecule has 0 radical (unpaired) electrons. The number of aliphatic carboxylic acids is 1. The highest BCUT2D eigenvalue weighted by atomic mass is 32.2. The monoisotopic (exact) mass is 237 g/mol. The third-order valence-electron chi connectivity index (χ3n) is 2.14. The van der Waals surface area contributed by atoms with Gasteiger partial charge in [-0.05, 0) is 13.0 Å². The van der Waals surface area contributed by atoms with Gasteiger partial charge in [0.2, 0.25) is 0 Å². The molecule has 0 fully saturated rings. The lowest BCUT2D eigenvalue weighted by molar-refractivity contribution is -0.140. The van der Waals surface area contributed by atoms with Crippen LogP contribution in [0, 0.1) is 0 Å². The minimum Gasteiger partial charge on any atom is -0.480 e. The lowest BCUT2D eigenvalue weighted by Crippen LogP contribution is -2.41. The third-order valence-corrected chi connectivity index (χ3v) is 3.51. The molecular formula is C9H19NO4S. The number of hydrogen-bond donors (Lipinski definition) is 2. The molecule has 90 valence electrons. The van der Waals surface area contributed by atoms with Gasteiger partial charge < -0.3 is 15.2 Å². The van der Waals surface area contributed by atoms with Crippen LogP contribution in [0.15, 0.2) is 0 Å². The summed E-state index contributed by atoms with van der Waals surface area (Å²) in [5, 5.41) is 11.7. The topological polar surface area (TPSA) is 75.6 Å². The SMILES string of the molecule is COCC(NCCC(C)S(C)=O)C(=O)O. The van der Waals surface area contributed by atoms with E-state index in [2.05, 4.69) is 5.32 Å². The largest absolute Gasteiger partial charge is 0.480 e. The smallest absolute Gasteiger partial charge is 0.323 e. The van der Waals surface area contributed by atoms with Crippen LogP contribution in [-0.4, -0.2) is 53.1 Å². The van der Waals surface area contributed by atoms with Crippen molar-refractivity contribution in [3.8, 4) is 0 Å². The molecule has 3 unspecified atom stereocenters. The molecule has 0 aliphatic heterocycles. The molecule has 0 aromatic heterocycles. The molecular weight excluding hydrogens is 218 g/mol. The van der Waals surface area contributed by atoms with Crippen LogP contribution < -0.4 is 5.32 Å². The van der Waals surface area contributed by atoms with E-state index in [1.54, 1.807) is 6.26 Å². The van der Waals surface area contributed by atoms with Crippen LogP contribution in [-0.2, 0) is 20.3 Å². The summed E-state index contributed by atoms with van der Waals surface area (Å²) in [4.78, 5) is 10.7. The van der Waals surface area contributed by atoms with Crippen molar-refractivity contribution < 1.29 is 18.8 Å². The molecule has 0 aromatic rings. The Hall–Kier alpha value is -0.460. The molecule has 3 atom stereocenters. The highest BCUT2D eigenvalue weighted by Crippen LogP contribution is 1.98. The number of carboxylic acids is 1. The summed E-state index contributed by atoms with van der Waals surface area (Å²) in [6, 6.07) is -0.688. The van der Waals surface area contributed by atoms with Gasteiger partial charge in [-0.25, -0.2) is 0 Å².